The summed E-state index contributed by atoms with van der Waals surface area (Å²) in [4.78, 5) is 49.8. The minimum absolute atomic E-state index is 0.157. The fourth-order valence-electron chi connectivity index (χ4n) is 5.80. The molecule has 2 N–H and O–H groups in total. The van der Waals surface area contributed by atoms with Gasteiger partial charge in [0, 0.05) is 13.0 Å². The molecule has 0 spiro atoms. The number of nitrogens with one attached hydrogen (secondary N) is 2. The number of fused-ring (bicyclic) bond motifs is 3. The molecule has 0 radical (unpaired) electrons. The van der Waals surface area contributed by atoms with Crippen molar-refractivity contribution >= 4 is 23.9 Å². The number of rotatable bonds is 4. The average molecular weight is 399 g/mol. The highest BCUT2D eigenvalue weighted by atomic mass is 19.1. The highest BCUT2D eigenvalue weighted by molar-refractivity contribution is 6.27. The van der Waals surface area contributed by atoms with E-state index in [-0.39, 0.29) is 43.3 Å². The lowest BCUT2D eigenvalue weighted by Crippen LogP contribution is -2.53. The van der Waals surface area contributed by atoms with Crippen LogP contribution >= 0.6 is 0 Å². The van der Waals surface area contributed by atoms with E-state index in [1.54, 1.807) is 4.90 Å². The molecule has 2 bridgehead atoms. The first-order valence-electron chi connectivity index (χ1n) is 10.1. The number of hydrogen-bond donors (Lipinski definition) is 2. The Morgan fingerprint density at radius 1 is 1.21 bits per heavy atom. The van der Waals surface area contributed by atoms with Gasteiger partial charge in [-0.25, -0.2) is 4.39 Å². The van der Waals surface area contributed by atoms with Gasteiger partial charge < -0.3 is 5.32 Å². The van der Waals surface area contributed by atoms with Gasteiger partial charge in [-0.1, -0.05) is 0 Å². The molecule has 1 aliphatic carbocycles. The molecule has 3 aliphatic heterocycles. The Morgan fingerprint density at radius 3 is 2.62 bits per heavy atom. The number of amides is 2. The topological polar surface area (TPSA) is 95.6 Å². The molecule has 0 aromatic heterocycles. The van der Waals surface area contributed by atoms with Crippen LogP contribution in [0.15, 0.2) is 12.1 Å². The number of carbonyl (C=O) groups excluding carboxylic acids is 4. The third-order valence-corrected chi connectivity index (χ3v) is 7.01. The van der Waals surface area contributed by atoms with Crippen LogP contribution in [0.3, 0.4) is 0 Å². The summed E-state index contributed by atoms with van der Waals surface area (Å²) in [5.74, 6) is -0.882. The number of ketones is 1. The summed E-state index contributed by atoms with van der Waals surface area (Å²) in [5.41, 5.74) is 2.15. The Balaban J connectivity index is 1.58. The first-order chi connectivity index (χ1) is 14.0. The van der Waals surface area contributed by atoms with Crippen LogP contribution in [0, 0.1) is 17.7 Å². The second kappa shape index (κ2) is 6.81. The molecule has 1 aromatic rings. The quantitative estimate of drug-likeness (QED) is 0.437. The summed E-state index contributed by atoms with van der Waals surface area (Å²) < 4.78 is 14.5. The van der Waals surface area contributed by atoms with Crippen LogP contribution in [0.1, 0.15) is 47.9 Å². The van der Waals surface area contributed by atoms with E-state index in [2.05, 4.69) is 10.6 Å². The Bertz CT molecular complexity index is 919. The highest BCUT2D eigenvalue weighted by Gasteiger charge is 2.50. The molecule has 4 atom stereocenters. The summed E-state index contributed by atoms with van der Waals surface area (Å²) in [6, 6.07) is 1.30. The molecule has 1 saturated carbocycles. The molecule has 2 amide bonds. The van der Waals surface area contributed by atoms with Crippen molar-refractivity contribution in [2.24, 2.45) is 11.8 Å². The molecule has 5 rings (SSSR count). The van der Waals surface area contributed by atoms with Crippen molar-refractivity contribution in [2.45, 2.75) is 43.8 Å². The number of nitrogens with zero attached hydrogens (tertiary/aromatic N) is 1. The summed E-state index contributed by atoms with van der Waals surface area (Å²) in [7, 11) is 0. The van der Waals surface area contributed by atoms with Crippen LogP contribution in [0.2, 0.25) is 0 Å². The van der Waals surface area contributed by atoms with Gasteiger partial charge in [-0.3, -0.25) is 29.4 Å². The first kappa shape index (κ1) is 18.6. The number of piperidine rings is 3. The lowest BCUT2D eigenvalue weighted by atomic mass is 9.58. The van der Waals surface area contributed by atoms with Gasteiger partial charge in [-0.15, -0.1) is 0 Å². The van der Waals surface area contributed by atoms with Crippen molar-refractivity contribution in [1.82, 2.24) is 15.5 Å². The van der Waals surface area contributed by atoms with Crippen LogP contribution in [0.5, 0.6) is 0 Å². The minimum Gasteiger partial charge on any atom is -0.316 e. The second-order valence-electron chi connectivity index (χ2n) is 8.57. The summed E-state index contributed by atoms with van der Waals surface area (Å²) in [5, 5.41) is 5.68. The maximum absolute atomic E-state index is 14.5. The van der Waals surface area contributed by atoms with E-state index < -0.39 is 23.8 Å². The van der Waals surface area contributed by atoms with Crippen LogP contribution in [0.4, 0.5) is 4.39 Å². The second-order valence-corrected chi connectivity index (χ2v) is 8.57. The fraction of sp³-hybridized carbons (Fsp3) is 0.524. The van der Waals surface area contributed by atoms with Crippen LogP contribution in [-0.4, -0.2) is 47.9 Å². The molecule has 4 unspecified atom stereocenters. The number of hydrogen-bond acceptors (Lipinski definition) is 6. The summed E-state index contributed by atoms with van der Waals surface area (Å²) in [6.07, 6.45) is 1.81. The molecular formula is C21H22FN3O4. The molecule has 1 aromatic carbocycles. The van der Waals surface area contributed by atoms with E-state index in [0.717, 1.165) is 25.1 Å². The van der Waals surface area contributed by atoms with E-state index >= 15 is 0 Å². The van der Waals surface area contributed by atoms with Crippen molar-refractivity contribution in [3.05, 3.63) is 34.6 Å². The zero-order valence-corrected chi connectivity index (χ0v) is 15.8. The maximum atomic E-state index is 14.5. The van der Waals surface area contributed by atoms with E-state index in [0.29, 0.717) is 23.0 Å². The Labute approximate surface area is 167 Å². The van der Waals surface area contributed by atoms with Gasteiger partial charge in [-0.05, 0) is 72.5 Å². The Kier molecular flexibility index (Phi) is 4.36. The predicted octanol–water partition coefficient (Wildman–Crippen LogP) is 0.578. The third-order valence-electron chi connectivity index (χ3n) is 7.01. The number of halogens is 1. The molecule has 2 saturated heterocycles. The number of benzene rings is 1. The number of imide groups is 1. The lowest BCUT2D eigenvalue weighted by molar-refractivity contribution is -0.141. The van der Waals surface area contributed by atoms with Crippen LogP contribution < -0.4 is 10.6 Å². The van der Waals surface area contributed by atoms with Gasteiger partial charge in [0.15, 0.2) is 6.29 Å². The normalized spacial score (nSPS) is 33.6. The van der Waals surface area contributed by atoms with Crippen LogP contribution in [-0.2, 0) is 25.7 Å². The van der Waals surface area contributed by atoms with Crippen molar-refractivity contribution in [3.63, 3.8) is 0 Å². The van der Waals surface area contributed by atoms with Crippen molar-refractivity contribution in [1.29, 1.82) is 0 Å². The van der Waals surface area contributed by atoms with Gasteiger partial charge in [0.25, 0.3) is 0 Å². The average Bonchev–Trinajstić information content (AvgIpc) is 3.06. The zero-order chi connectivity index (χ0) is 20.3. The van der Waals surface area contributed by atoms with E-state index in [1.165, 1.54) is 12.1 Å². The summed E-state index contributed by atoms with van der Waals surface area (Å²) in [6.45, 7) is 1.92. The van der Waals surface area contributed by atoms with Crippen molar-refractivity contribution in [2.75, 3.05) is 13.1 Å². The molecule has 29 heavy (non-hydrogen) atoms. The predicted molar refractivity (Wildman–Crippen MR) is 99.1 cm³/mol. The van der Waals surface area contributed by atoms with Gasteiger partial charge in [0.2, 0.25) is 17.6 Å². The smallest absolute Gasteiger partial charge is 0.243 e. The van der Waals surface area contributed by atoms with E-state index in [1.807, 2.05) is 0 Å². The number of carbonyl (C=O) groups is 4. The van der Waals surface area contributed by atoms with Gasteiger partial charge >= 0.3 is 0 Å². The van der Waals surface area contributed by atoms with Crippen LogP contribution in [0.25, 0.3) is 0 Å². The SMILES string of the molecule is O=CC(=O)C1c2c(cc(F)cc2C2C3CNCC2C3)CN1C1CCC(=O)NC1=O. The summed E-state index contributed by atoms with van der Waals surface area (Å²) >= 11 is 0. The minimum atomic E-state index is -0.906. The number of Topliss-reactive ketones (excluding diaryl/α,β-unsaturated/α-hetero) is 1. The third kappa shape index (κ3) is 2.85. The van der Waals surface area contributed by atoms with Gasteiger partial charge in [-0.2, -0.15) is 0 Å². The Hall–Kier alpha value is -2.45. The molecule has 152 valence electrons. The number of aldehydes is 1. The molecule has 3 heterocycles. The highest BCUT2D eigenvalue weighted by Crippen LogP contribution is 2.53. The molecule has 8 heteroatoms. The van der Waals surface area contributed by atoms with E-state index in [4.69, 9.17) is 0 Å². The van der Waals surface area contributed by atoms with Gasteiger partial charge in [0.05, 0.1) is 6.04 Å². The molecule has 4 aliphatic rings. The first-order valence-corrected chi connectivity index (χ1v) is 10.1. The molecule has 3 fully saturated rings. The monoisotopic (exact) mass is 399 g/mol. The van der Waals surface area contributed by atoms with Gasteiger partial charge in [0.1, 0.15) is 11.9 Å². The molecule has 7 nitrogen and oxygen atoms in total. The van der Waals surface area contributed by atoms with Crippen molar-refractivity contribution in [3.8, 4) is 0 Å². The molecular weight excluding hydrogens is 377 g/mol. The lowest BCUT2D eigenvalue weighted by Gasteiger charge is -2.51. The maximum Gasteiger partial charge on any atom is 0.243 e. The van der Waals surface area contributed by atoms with E-state index in [9.17, 15) is 23.6 Å². The Morgan fingerprint density at radius 2 is 1.97 bits per heavy atom. The largest absolute Gasteiger partial charge is 0.316 e. The standard InChI is InChI=1S/C21H22FN3O4/c22-13-4-12-8-25(15-1-2-17(28)24-21(15)29)20(16(27)9-26)19(12)14(5-13)18-10-3-11(18)7-23-6-10/h4-5,9-11,15,18,20,23H,1-3,6-8H2,(H,24,28,29). The fourth-order valence-corrected chi connectivity index (χ4v) is 5.80. The zero-order valence-electron chi connectivity index (χ0n) is 15.8. The van der Waals surface area contributed by atoms with Crippen molar-refractivity contribution < 1.29 is 23.6 Å².